The third kappa shape index (κ3) is 51.0. The number of hydrogen-bond donors (Lipinski definition) is 1. The second-order valence-corrected chi connectivity index (χ2v) is 12.0. The van der Waals surface area contributed by atoms with Gasteiger partial charge in [-0.25, -0.2) is 4.79 Å². The molecule has 0 radical (unpaired) electrons. The maximum Gasteiger partial charge on any atom is 0.329 e. The number of ether oxygens (including phenoxy) is 13. The molecule has 0 atom stereocenters. The Labute approximate surface area is 320 Å². The lowest BCUT2D eigenvalue weighted by Crippen LogP contribution is -2.15. The molecule has 0 aliphatic rings. The van der Waals surface area contributed by atoms with Gasteiger partial charge in [0, 0.05) is 6.61 Å². The smallest absolute Gasteiger partial charge is 0.329 e. The third-order valence-electron chi connectivity index (χ3n) is 7.33. The summed E-state index contributed by atoms with van der Waals surface area (Å²) >= 11 is 0. The third-order valence-corrected chi connectivity index (χ3v) is 7.33. The van der Waals surface area contributed by atoms with E-state index in [2.05, 4.69) is 6.92 Å². The summed E-state index contributed by atoms with van der Waals surface area (Å²) in [6, 6.07) is 0. The Bertz CT molecular complexity index is 678. The SMILES string of the molecule is CCCCCCCCCCCCOCCOCCOCCOCCOCCOCCOCCOCCOCCOCCOCCOCCOCC(=O)O. The van der Waals surface area contributed by atoms with Gasteiger partial charge in [-0.2, -0.15) is 0 Å². The van der Waals surface area contributed by atoms with Crippen LogP contribution >= 0.6 is 0 Å². The molecule has 15 heteroatoms. The van der Waals surface area contributed by atoms with Crippen LogP contribution < -0.4 is 0 Å². The van der Waals surface area contributed by atoms with Gasteiger partial charge in [0.15, 0.2) is 0 Å². The molecule has 0 aromatic rings. The maximum atomic E-state index is 10.3. The average Bonchev–Trinajstić information content (AvgIpc) is 3.15. The highest BCUT2D eigenvalue weighted by Gasteiger charge is 1.99. The van der Waals surface area contributed by atoms with Crippen molar-refractivity contribution in [3.63, 3.8) is 0 Å². The van der Waals surface area contributed by atoms with E-state index in [1.807, 2.05) is 0 Å². The van der Waals surface area contributed by atoms with Crippen molar-refractivity contribution in [1.82, 2.24) is 0 Å². The molecule has 0 spiro atoms. The highest BCUT2D eigenvalue weighted by atomic mass is 16.6. The molecule has 0 aromatic heterocycles. The molecule has 0 fully saturated rings. The van der Waals surface area contributed by atoms with Crippen molar-refractivity contribution >= 4 is 5.97 Å². The van der Waals surface area contributed by atoms with E-state index in [4.69, 9.17) is 66.7 Å². The zero-order valence-electron chi connectivity index (χ0n) is 33.1. The minimum Gasteiger partial charge on any atom is -0.480 e. The fourth-order valence-electron chi connectivity index (χ4n) is 4.49. The summed E-state index contributed by atoms with van der Waals surface area (Å²) in [5.74, 6) is -0.995. The number of carboxylic acids is 1. The van der Waals surface area contributed by atoms with Crippen molar-refractivity contribution in [2.24, 2.45) is 0 Å². The van der Waals surface area contributed by atoms with Gasteiger partial charge in [-0.15, -0.1) is 0 Å². The molecule has 0 saturated carbocycles. The first-order valence-electron chi connectivity index (χ1n) is 20.0. The molecule has 0 aliphatic heterocycles. The molecule has 53 heavy (non-hydrogen) atoms. The summed E-state index contributed by atoms with van der Waals surface area (Å²) in [7, 11) is 0. The van der Waals surface area contributed by atoms with Crippen LogP contribution in [0.25, 0.3) is 0 Å². The number of hydrogen-bond acceptors (Lipinski definition) is 14. The van der Waals surface area contributed by atoms with E-state index in [1.54, 1.807) is 0 Å². The van der Waals surface area contributed by atoms with E-state index in [1.165, 1.54) is 57.8 Å². The van der Waals surface area contributed by atoms with E-state index < -0.39 is 5.97 Å². The molecule has 0 bridgehead atoms. The fraction of sp³-hybridized carbons (Fsp3) is 0.974. The first-order chi connectivity index (χ1) is 26.3. The quantitative estimate of drug-likeness (QED) is 0.0877. The molecule has 0 rings (SSSR count). The van der Waals surface area contributed by atoms with Crippen LogP contribution in [-0.4, -0.2) is 183 Å². The number of unbranched alkanes of at least 4 members (excludes halogenated alkanes) is 9. The standard InChI is InChI=1S/C38H76O15/c1-2-3-4-5-6-7-8-9-10-11-12-41-13-14-42-15-16-43-17-18-44-19-20-45-21-22-46-23-24-47-25-26-48-27-28-49-29-30-50-31-32-51-33-34-52-35-36-53-37-38(39)40/h2-37H2,1H3,(H,39,40). The Morgan fingerprint density at radius 2 is 0.472 bits per heavy atom. The lowest BCUT2D eigenvalue weighted by atomic mass is 10.1. The van der Waals surface area contributed by atoms with Gasteiger partial charge in [-0.05, 0) is 6.42 Å². The second-order valence-electron chi connectivity index (χ2n) is 12.0. The lowest BCUT2D eigenvalue weighted by molar-refractivity contribution is -0.142. The van der Waals surface area contributed by atoms with Crippen LogP contribution in [-0.2, 0) is 66.4 Å². The van der Waals surface area contributed by atoms with Crippen LogP contribution in [0.4, 0.5) is 0 Å². The van der Waals surface area contributed by atoms with E-state index in [-0.39, 0.29) is 13.2 Å². The number of aliphatic carboxylic acids is 1. The molecular formula is C38H76O15. The van der Waals surface area contributed by atoms with Crippen molar-refractivity contribution in [2.75, 3.05) is 172 Å². The zero-order chi connectivity index (χ0) is 38.2. The zero-order valence-corrected chi connectivity index (χ0v) is 33.1. The molecule has 0 amide bonds. The molecule has 1 N–H and O–H groups in total. The van der Waals surface area contributed by atoms with E-state index in [0.717, 1.165) is 13.0 Å². The van der Waals surface area contributed by atoms with Crippen molar-refractivity contribution in [1.29, 1.82) is 0 Å². The minimum atomic E-state index is -0.995. The van der Waals surface area contributed by atoms with Gasteiger partial charge in [-0.1, -0.05) is 64.7 Å². The molecule has 0 unspecified atom stereocenters. The summed E-state index contributed by atoms with van der Waals surface area (Å²) in [5, 5.41) is 8.44. The largest absolute Gasteiger partial charge is 0.480 e. The molecule has 0 heterocycles. The van der Waals surface area contributed by atoms with Crippen LogP contribution in [0.2, 0.25) is 0 Å². The molecule has 0 saturated heterocycles. The number of rotatable bonds is 49. The van der Waals surface area contributed by atoms with Gasteiger partial charge in [0.1, 0.15) is 6.61 Å². The van der Waals surface area contributed by atoms with E-state index >= 15 is 0 Å². The Kier molecular flexibility index (Phi) is 48.0. The van der Waals surface area contributed by atoms with Crippen LogP contribution in [0.15, 0.2) is 0 Å². The highest BCUT2D eigenvalue weighted by molar-refractivity contribution is 5.67. The summed E-state index contributed by atoms with van der Waals surface area (Å²) in [4.78, 5) is 10.3. The van der Waals surface area contributed by atoms with Gasteiger partial charge in [0.25, 0.3) is 0 Å². The van der Waals surface area contributed by atoms with Gasteiger partial charge in [0.05, 0.1) is 159 Å². The predicted molar refractivity (Wildman–Crippen MR) is 200 cm³/mol. The minimum absolute atomic E-state index is 0.242. The highest BCUT2D eigenvalue weighted by Crippen LogP contribution is 2.10. The molecule has 318 valence electrons. The fourth-order valence-corrected chi connectivity index (χ4v) is 4.49. The molecule has 0 aromatic carbocycles. The predicted octanol–water partition coefficient (Wildman–Crippen LogP) is 4.21. The second kappa shape index (κ2) is 49.0. The Hall–Kier alpha value is -1.05. The summed E-state index contributed by atoms with van der Waals surface area (Å²) < 4.78 is 70.6. The van der Waals surface area contributed by atoms with Crippen molar-refractivity contribution in [3.05, 3.63) is 0 Å². The lowest BCUT2D eigenvalue weighted by Gasteiger charge is -2.09. The Balaban J connectivity index is 3.05. The molecule has 0 aliphatic carbocycles. The van der Waals surface area contributed by atoms with E-state index in [9.17, 15) is 4.79 Å². The van der Waals surface area contributed by atoms with Gasteiger partial charge >= 0.3 is 5.97 Å². The van der Waals surface area contributed by atoms with Gasteiger partial charge in [-0.3, -0.25) is 0 Å². The summed E-state index contributed by atoms with van der Waals surface area (Å²) in [5.41, 5.74) is 0. The van der Waals surface area contributed by atoms with Gasteiger partial charge in [0.2, 0.25) is 0 Å². The van der Waals surface area contributed by atoms with Crippen LogP contribution in [0.1, 0.15) is 71.1 Å². The van der Waals surface area contributed by atoms with Gasteiger partial charge < -0.3 is 66.7 Å². The first-order valence-corrected chi connectivity index (χ1v) is 20.0. The van der Waals surface area contributed by atoms with Crippen molar-refractivity contribution in [2.45, 2.75) is 71.1 Å². The topological polar surface area (TPSA) is 157 Å². The first kappa shape index (κ1) is 52.0. The Morgan fingerprint density at radius 3 is 0.698 bits per heavy atom. The summed E-state index contributed by atoms with van der Waals surface area (Å²) in [6.07, 6.45) is 13.4. The number of carbonyl (C=O) groups is 1. The summed E-state index contributed by atoms with van der Waals surface area (Å²) in [6.45, 7) is 14.5. The monoisotopic (exact) mass is 773 g/mol. The van der Waals surface area contributed by atoms with Crippen LogP contribution in [0.3, 0.4) is 0 Å². The molecule has 15 nitrogen and oxygen atoms in total. The van der Waals surface area contributed by atoms with Crippen molar-refractivity contribution in [3.8, 4) is 0 Å². The normalized spacial score (nSPS) is 11.6. The van der Waals surface area contributed by atoms with E-state index in [0.29, 0.717) is 152 Å². The number of carboxylic acid groups (broad SMARTS) is 1. The molecular weight excluding hydrogens is 696 g/mol. The Morgan fingerprint density at radius 1 is 0.283 bits per heavy atom. The van der Waals surface area contributed by atoms with Crippen LogP contribution in [0.5, 0.6) is 0 Å². The van der Waals surface area contributed by atoms with Crippen LogP contribution in [0, 0.1) is 0 Å². The van der Waals surface area contributed by atoms with Crippen molar-refractivity contribution < 1.29 is 71.5 Å². The maximum absolute atomic E-state index is 10.3. The average molecular weight is 773 g/mol.